The number of aliphatic hydroxyl groups excluding tert-OH is 1. The molecule has 0 aliphatic heterocycles. The van der Waals surface area contributed by atoms with E-state index in [0.717, 1.165) is 44.3 Å². The highest BCUT2D eigenvalue weighted by atomic mass is 16.4. The van der Waals surface area contributed by atoms with E-state index in [0.29, 0.717) is 5.76 Å². The molecule has 18 heavy (non-hydrogen) atoms. The molecule has 0 radical (unpaired) electrons. The first-order chi connectivity index (χ1) is 8.68. The monoisotopic (exact) mass is 247 g/mol. The molecule has 0 amide bonds. The number of hydrogen-bond donors (Lipinski definition) is 1. The molecule has 0 bridgehead atoms. The van der Waals surface area contributed by atoms with Gasteiger partial charge in [-0.2, -0.15) is 5.26 Å². The van der Waals surface area contributed by atoms with Crippen LogP contribution in [0, 0.1) is 23.7 Å². The van der Waals surface area contributed by atoms with Crippen molar-refractivity contribution in [2.24, 2.45) is 5.41 Å². The van der Waals surface area contributed by atoms with Gasteiger partial charge >= 0.3 is 0 Å². The van der Waals surface area contributed by atoms with Crippen LogP contribution in [0.1, 0.15) is 62.6 Å². The first kappa shape index (κ1) is 13.2. The van der Waals surface area contributed by atoms with Crippen LogP contribution in [0.4, 0.5) is 0 Å². The Hall–Kier alpha value is -1.27. The molecular weight excluding hydrogens is 226 g/mol. The van der Waals surface area contributed by atoms with Gasteiger partial charge in [0.15, 0.2) is 0 Å². The largest absolute Gasteiger partial charge is 0.464 e. The zero-order valence-electron chi connectivity index (χ0n) is 11.0. The molecule has 3 nitrogen and oxygen atoms in total. The van der Waals surface area contributed by atoms with Crippen LogP contribution in [0.15, 0.2) is 16.5 Å². The highest BCUT2D eigenvalue weighted by Crippen LogP contribution is 2.44. The fourth-order valence-electron chi connectivity index (χ4n) is 2.86. The summed E-state index contributed by atoms with van der Waals surface area (Å²) in [7, 11) is 0. The third-order valence-corrected chi connectivity index (χ3v) is 4.02. The number of nitriles is 1. The van der Waals surface area contributed by atoms with Gasteiger partial charge in [-0.1, -0.05) is 32.1 Å². The first-order valence-corrected chi connectivity index (χ1v) is 6.84. The smallest absolute Gasteiger partial charge is 0.134 e. The minimum atomic E-state index is -0.797. The fraction of sp³-hybridized carbons (Fsp3) is 0.667. The second-order valence-electron chi connectivity index (χ2n) is 5.39. The Labute approximate surface area is 108 Å². The number of hydrogen-bond acceptors (Lipinski definition) is 3. The average molecular weight is 247 g/mol. The predicted octanol–water partition coefficient (Wildman–Crippen LogP) is 3.88. The van der Waals surface area contributed by atoms with Crippen LogP contribution in [0.25, 0.3) is 0 Å². The quantitative estimate of drug-likeness (QED) is 0.862. The van der Waals surface area contributed by atoms with Gasteiger partial charge in [0.25, 0.3) is 0 Å². The van der Waals surface area contributed by atoms with Crippen molar-refractivity contribution in [2.75, 3.05) is 0 Å². The number of aliphatic hydroxyl groups is 1. The molecule has 1 atom stereocenters. The maximum Gasteiger partial charge on any atom is 0.134 e. The van der Waals surface area contributed by atoms with E-state index in [4.69, 9.17) is 4.42 Å². The lowest BCUT2D eigenvalue weighted by molar-refractivity contribution is 0.0260. The molecule has 0 spiro atoms. The molecule has 1 aliphatic rings. The maximum absolute atomic E-state index is 10.5. The molecule has 1 aliphatic carbocycles. The standard InChI is InChI=1S/C15H21NO2/c1-12-7-8-13(18-12)14(17)15(11-16)9-5-3-2-4-6-10-15/h7-8,14,17H,2-6,9-10H2,1H3. The molecule has 3 heteroatoms. The molecule has 1 heterocycles. The van der Waals surface area contributed by atoms with Crippen LogP contribution in [-0.2, 0) is 0 Å². The van der Waals surface area contributed by atoms with Gasteiger partial charge in [-0.15, -0.1) is 0 Å². The molecule has 98 valence electrons. The summed E-state index contributed by atoms with van der Waals surface area (Å²) in [5, 5.41) is 20.1. The summed E-state index contributed by atoms with van der Waals surface area (Å²) in [4.78, 5) is 0. The normalized spacial score (nSPS) is 21.6. The lowest BCUT2D eigenvalue weighted by atomic mass is 9.72. The van der Waals surface area contributed by atoms with Gasteiger partial charge < -0.3 is 9.52 Å². The van der Waals surface area contributed by atoms with E-state index in [2.05, 4.69) is 6.07 Å². The van der Waals surface area contributed by atoms with E-state index in [-0.39, 0.29) is 0 Å². The average Bonchev–Trinajstić information content (AvgIpc) is 2.76. The molecule has 0 aromatic carbocycles. The molecule has 1 N–H and O–H groups in total. The molecule has 2 rings (SSSR count). The number of aryl methyl sites for hydroxylation is 1. The van der Waals surface area contributed by atoms with Crippen molar-refractivity contribution < 1.29 is 9.52 Å². The molecule has 1 saturated carbocycles. The van der Waals surface area contributed by atoms with E-state index >= 15 is 0 Å². The SMILES string of the molecule is Cc1ccc(C(O)C2(C#N)CCCCCCC2)o1. The Balaban J connectivity index is 2.21. The van der Waals surface area contributed by atoms with E-state index < -0.39 is 11.5 Å². The highest BCUT2D eigenvalue weighted by molar-refractivity contribution is 5.16. The van der Waals surface area contributed by atoms with E-state index in [1.807, 2.05) is 13.0 Å². The molecule has 1 aromatic heterocycles. The lowest BCUT2D eigenvalue weighted by Gasteiger charge is -2.32. The number of furan rings is 1. The highest BCUT2D eigenvalue weighted by Gasteiger charge is 2.40. The molecule has 1 aromatic rings. The van der Waals surface area contributed by atoms with Crippen molar-refractivity contribution in [3.8, 4) is 6.07 Å². The summed E-state index contributed by atoms with van der Waals surface area (Å²) in [6.45, 7) is 1.85. The van der Waals surface area contributed by atoms with Crippen molar-refractivity contribution in [3.63, 3.8) is 0 Å². The summed E-state index contributed by atoms with van der Waals surface area (Å²) in [5.41, 5.74) is -0.662. The summed E-state index contributed by atoms with van der Waals surface area (Å²) < 4.78 is 5.50. The Kier molecular flexibility index (Phi) is 4.08. The van der Waals surface area contributed by atoms with Gasteiger partial charge in [0.2, 0.25) is 0 Å². The minimum absolute atomic E-state index is 0.537. The predicted molar refractivity (Wildman–Crippen MR) is 68.8 cm³/mol. The first-order valence-electron chi connectivity index (χ1n) is 6.84. The van der Waals surface area contributed by atoms with Crippen molar-refractivity contribution in [2.45, 2.75) is 58.0 Å². The van der Waals surface area contributed by atoms with Crippen LogP contribution < -0.4 is 0 Å². The van der Waals surface area contributed by atoms with Crippen molar-refractivity contribution in [1.29, 1.82) is 5.26 Å². The van der Waals surface area contributed by atoms with Crippen LogP contribution in [0.3, 0.4) is 0 Å². The Morgan fingerprint density at radius 3 is 2.33 bits per heavy atom. The van der Waals surface area contributed by atoms with E-state index in [9.17, 15) is 10.4 Å². The number of rotatable bonds is 2. The Morgan fingerprint density at radius 1 is 1.22 bits per heavy atom. The lowest BCUT2D eigenvalue weighted by Crippen LogP contribution is -2.28. The zero-order valence-corrected chi connectivity index (χ0v) is 11.0. The van der Waals surface area contributed by atoms with Crippen LogP contribution in [0.5, 0.6) is 0 Å². The van der Waals surface area contributed by atoms with Gasteiger partial charge in [-0.05, 0) is 31.9 Å². The molecule has 1 unspecified atom stereocenters. The second kappa shape index (κ2) is 5.58. The third-order valence-electron chi connectivity index (χ3n) is 4.02. The second-order valence-corrected chi connectivity index (χ2v) is 5.39. The summed E-state index contributed by atoms with van der Waals surface area (Å²) in [6.07, 6.45) is 6.34. The van der Waals surface area contributed by atoms with Gasteiger partial charge in [0.05, 0.1) is 11.5 Å². The van der Waals surface area contributed by atoms with Crippen LogP contribution in [0.2, 0.25) is 0 Å². The van der Waals surface area contributed by atoms with Gasteiger partial charge in [-0.25, -0.2) is 0 Å². The topological polar surface area (TPSA) is 57.2 Å². The minimum Gasteiger partial charge on any atom is -0.464 e. The molecular formula is C15H21NO2. The summed E-state index contributed by atoms with van der Waals surface area (Å²) in [5.74, 6) is 1.32. The maximum atomic E-state index is 10.5. The van der Waals surface area contributed by atoms with Crippen LogP contribution in [-0.4, -0.2) is 5.11 Å². The van der Waals surface area contributed by atoms with E-state index in [1.165, 1.54) is 6.42 Å². The van der Waals surface area contributed by atoms with Crippen molar-refractivity contribution in [1.82, 2.24) is 0 Å². The third kappa shape index (κ3) is 2.59. The van der Waals surface area contributed by atoms with Gasteiger partial charge in [-0.3, -0.25) is 0 Å². The summed E-state index contributed by atoms with van der Waals surface area (Å²) >= 11 is 0. The Bertz CT molecular complexity index is 422. The molecule has 0 saturated heterocycles. The van der Waals surface area contributed by atoms with E-state index in [1.54, 1.807) is 6.07 Å². The van der Waals surface area contributed by atoms with Gasteiger partial charge in [0, 0.05) is 0 Å². The summed E-state index contributed by atoms with van der Waals surface area (Å²) in [6, 6.07) is 6.01. The Morgan fingerprint density at radius 2 is 1.83 bits per heavy atom. The molecule has 1 fully saturated rings. The van der Waals surface area contributed by atoms with Crippen molar-refractivity contribution in [3.05, 3.63) is 23.7 Å². The zero-order chi connectivity index (χ0) is 13.0. The van der Waals surface area contributed by atoms with Crippen LogP contribution >= 0.6 is 0 Å². The fourth-order valence-corrected chi connectivity index (χ4v) is 2.86. The van der Waals surface area contributed by atoms with Gasteiger partial charge in [0.1, 0.15) is 17.6 Å². The van der Waals surface area contributed by atoms with Crippen molar-refractivity contribution >= 4 is 0 Å². The number of nitrogens with zero attached hydrogens (tertiary/aromatic N) is 1.